The molecule has 0 bridgehead atoms. The molecule has 0 atom stereocenters. The van der Waals surface area contributed by atoms with Gasteiger partial charge in [0.05, 0.1) is 12.1 Å². The molecule has 17 nitrogen and oxygen atoms in total. The van der Waals surface area contributed by atoms with E-state index in [0.717, 1.165) is 28.7 Å². The molecule has 6 rings (SSSR count). The minimum Gasteiger partial charge on any atom is -0.489 e. The van der Waals surface area contributed by atoms with Crippen LogP contribution in [0.5, 0.6) is 5.75 Å². The Balaban J connectivity index is 0.000000457. The molecule has 0 saturated carbocycles. The molecule has 3 heterocycles. The van der Waals surface area contributed by atoms with Crippen molar-refractivity contribution in [1.29, 1.82) is 0 Å². The Morgan fingerprint density at radius 3 is 1.67 bits per heavy atom. The van der Waals surface area contributed by atoms with Gasteiger partial charge in [-0.05, 0) is 48.9 Å². The monoisotopic (exact) mass is 948 g/mol. The van der Waals surface area contributed by atoms with Crippen LogP contribution in [0.25, 0.3) is 10.9 Å². The summed E-state index contributed by atoms with van der Waals surface area (Å²) in [6, 6.07) is 25.7. The summed E-state index contributed by atoms with van der Waals surface area (Å²) in [5, 5.41) is 29.6. The maximum absolute atomic E-state index is 13.3. The first-order valence-electron chi connectivity index (χ1n) is 18.6. The van der Waals surface area contributed by atoms with Gasteiger partial charge in [-0.1, -0.05) is 48.5 Å². The van der Waals surface area contributed by atoms with Gasteiger partial charge in [0, 0.05) is 54.9 Å². The topological polar surface area (TPSA) is 245 Å². The van der Waals surface area contributed by atoms with Gasteiger partial charge in [-0.25, -0.2) is 19.2 Å². The Morgan fingerprint density at radius 2 is 1.18 bits per heavy atom. The van der Waals surface area contributed by atoms with E-state index in [9.17, 15) is 58.7 Å². The highest BCUT2D eigenvalue weighted by Gasteiger charge is 2.55. The van der Waals surface area contributed by atoms with Gasteiger partial charge in [-0.3, -0.25) is 39.8 Å². The van der Waals surface area contributed by atoms with Crippen molar-refractivity contribution >= 4 is 52.6 Å². The number of pyridine rings is 1. The minimum atomic E-state index is -5.08. The lowest BCUT2D eigenvalue weighted by atomic mass is 9.91. The lowest BCUT2D eigenvalue weighted by Gasteiger charge is -2.46. The van der Waals surface area contributed by atoms with Crippen LogP contribution in [0.15, 0.2) is 84.9 Å². The maximum atomic E-state index is 13.3. The van der Waals surface area contributed by atoms with Crippen molar-refractivity contribution in [2.24, 2.45) is 0 Å². The maximum Gasteiger partial charge on any atom is 0.490 e. The third-order valence-corrected chi connectivity index (χ3v) is 9.04. The number of rotatable bonds is 9. The minimum absolute atomic E-state index is 0.303. The molecule has 1 aromatic heterocycles. The van der Waals surface area contributed by atoms with E-state index in [1.807, 2.05) is 55.5 Å². The van der Waals surface area contributed by atoms with Gasteiger partial charge >= 0.3 is 42.5 Å². The fourth-order valence-electron chi connectivity index (χ4n) is 5.92. The molecule has 2 aliphatic heterocycles. The number of hydrogen-bond donors (Lipinski definition) is 6. The number of carbonyl (C=O) groups excluding carboxylic acids is 4. The Hall–Kier alpha value is -7.35. The summed E-state index contributed by atoms with van der Waals surface area (Å²) in [7, 11) is 0. The number of benzene rings is 3. The van der Waals surface area contributed by atoms with E-state index in [1.165, 1.54) is 5.56 Å². The molecule has 0 aliphatic carbocycles. The van der Waals surface area contributed by atoms with Crippen molar-refractivity contribution in [3.05, 3.63) is 107 Å². The number of imide groups is 2. The molecule has 2 aliphatic rings. The van der Waals surface area contributed by atoms with E-state index in [-0.39, 0.29) is 6.54 Å². The number of halogens is 9. The molecule has 26 heteroatoms. The molecule has 2 saturated heterocycles. The number of hydrogen-bond acceptors (Lipinski definition) is 11. The van der Waals surface area contributed by atoms with Gasteiger partial charge in [0.25, 0.3) is 17.7 Å². The number of urea groups is 1. The van der Waals surface area contributed by atoms with Gasteiger partial charge in [0.15, 0.2) is 5.54 Å². The van der Waals surface area contributed by atoms with Crippen molar-refractivity contribution in [2.75, 3.05) is 32.7 Å². The molecule has 0 unspecified atom stereocenters. The quantitative estimate of drug-likeness (QED) is 0.0987. The zero-order valence-corrected chi connectivity index (χ0v) is 33.9. The molecule has 66 heavy (non-hydrogen) atoms. The number of carboxylic acid groups (broad SMARTS) is 3. The zero-order chi connectivity index (χ0) is 49.6. The van der Waals surface area contributed by atoms with Gasteiger partial charge < -0.3 is 25.4 Å². The Labute approximate surface area is 366 Å². The standard InChI is InChI=1S/C34H34N6O5.3C2HF3O2/c1-23-19-26(28-9-5-6-10-29(28)36-23)21-45-27-13-11-25(12-14-27)30(41)35-22-34(31(42)37-33(44)38-32(34)43)40-17-15-39(16-18-40)20-24-7-3-2-4-8-24;3*3-2(4,5)1(6)7/h2-14,19H,15-18,20-22H2,1H3,(H,35,41)(H2,37,38,42,43,44);3*(H,6,7). The number of ether oxygens (including phenoxy) is 1. The van der Waals surface area contributed by atoms with E-state index in [2.05, 4.69) is 38.0 Å². The number of aliphatic carboxylic acids is 3. The molecule has 4 aromatic rings. The van der Waals surface area contributed by atoms with E-state index in [4.69, 9.17) is 34.4 Å². The number of carbonyl (C=O) groups is 7. The molecule has 356 valence electrons. The van der Waals surface area contributed by atoms with Crippen LogP contribution >= 0.6 is 0 Å². The summed E-state index contributed by atoms with van der Waals surface area (Å²) in [5.74, 6) is -9.66. The van der Waals surface area contributed by atoms with Crippen LogP contribution in [0.1, 0.15) is 27.2 Å². The summed E-state index contributed by atoms with van der Waals surface area (Å²) in [4.78, 5) is 86.9. The van der Waals surface area contributed by atoms with Crippen molar-refractivity contribution < 1.29 is 93.1 Å². The summed E-state index contributed by atoms with van der Waals surface area (Å²) in [6.07, 6.45) is -15.3. The predicted molar refractivity (Wildman–Crippen MR) is 208 cm³/mol. The lowest BCUT2D eigenvalue weighted by Crippen LogP contribution is -2.77. The Morgan fingerprint density at radius 1 is 0.712 bits per heavy atom. The fraction of sp³-hybridized carbons (Fsp3) is 0.300. The molecule has 0 spiro atoms. The van der Waals surface area contributed by atoms with Crippen LogP contribution in [0.3, 0.4) is 0 Å². The van der Waals surface area contributed by atoms with Crippen LogP contribution in [0.4, 0.5) is 44.3 Å². The second-order valence-electron chi connectivity index (χ2n) is 13.7. The number of nitrogens with one attached hydrogen (secondary N) is 3. The highest BCUT2D eigenvalue weighted by molar-refractivity contribution is 6.23. The molecule has 2 fully saturated rings. The fourth-order valence-corrected chi connectivity index (χ4v) is 5.92. The summed E-state index contributed by atoms with van der Waals surface area (Å²) >= 11 is 0. The molecule has 6 N–H and O–H groups in total. The number of alkyl halides is 9. The van der Waals surface area contributed by atoms with E-state index >= 15 is 0 Å². The molecule has 5 amide bonds. The van der Waals surface area contributed by atoms with Crippen molar-refractivity contribution in [3.63, 3.8) is 0 Å². The van der Waals surface area contributed by atoms with Crippen LogP contribution in [-0.4, -0.2) is 129 Å². The van der Waals surface area contributed by atoms with E-state index in [1.54, 1.807) is 29.2 Å². The number of aromatic nitrogens is 1. The highest BCUT2D eigenvalue weighted by Crippen LogP contribution is 2.24. The number of barbiturate groups is 1. The number of piperazine rings is 1. The highest BCUT2D eigenvalue weighted by atomic mass is 19.4. The van der Waals surface area contributed by atoms with E-state index < -0.39 is 65.7 Å². The first-order valence-corrected chi connectivity index (χ1v) is 18.6. The predicted octanol–water partition coefficient (Wildman–Crippen LogP) is 4.67. The van der Waals surface area contributed by atoms with Gasteiger partial charge in [-0.15, -0.1) is 0 Å². The number of fused-ring (bicyclic) bond motifs is 1. The molecular weight excluding hydrogens is 911 g/mol. The smallest absolute Gasteiger partial charge is 0.489 e. The lowest BCUT2D eigenvalue weighted by molar-refractivity contribution is -0.193. The zero-order valence-electron chi connectivity index (χ0n) is 33.9. The van der Waals surface area contributed by atoms with Crippen LogP contribution < -0.4 is 20.7 Å². The summed E-state index contributed by atoms with van der Waals surface area (Å²) < 4.78 is 101. The second-order valence-corrected chi connectivity index (χ2v) is 13.7. The number of carboxylic acids is 3. The largest absolute Gasteiger partial charge is 0.490 e. The second kappa shape index (κ2) is 22.5. The molecule has 3 aromatic carbocycles. The van der Waals surface area contributed by atoms with Gasteiger partial charge in [0.1, 0.15) is 12.4 Å². The molecular formula is C40H37F9N6O11. The number of aryl methyl sites for hydroxylation is 1. The molecule has 0 radical (unpaired) electrons. The van der Waals surface area contributed by atoms with Crippen LogP contribution in [0, 0.1) is 6.92 Å². The first-order chi connectivity index (χ1) is 30.6. The van der Waals surface area contributed by atoms with Gasteiger partial charge in [0.2, 0.25) is 0 Å². The third kappa shape index (κ3) is 15.4. The van der Waals surface area contributed by atoms with Crippen LogP contribution in [-0.2, 0) is 37.1 Å². The SMILES string of the molecule is Cc1cc(COc2ccc(C(=O)NCC3(N4CCN(Cc5ccccc5)CC4)C(=O)NC(=O)NC3=O)cc2)c2ccccc2n1.O=C(O)C(F)(F)F.O=C(O)C(F)(F)F.O=C(O)C(F)(F)F. The number of nitrogens with zero attached hydrogens (tertiary/aromatic N) is 3. The average Bonchev–Trinajstić information content (AvgIpc) is 3.23. The number of para-hydroxylation sites is 1. The Bertz CT molecular complexity index is 2300. The van der Waals surface area contributed by atoms with Gasteiger partial charge in [-0.2, -0.15) is 39.5 Å². The summed E-state index contributed by atoms with van der Waals surface area (Å²) in [6.45, 7) is 4.73. The summed E-state index contributed by atoms with van der Waals surface area (Å²) in [5.41, 5.74) is 2.55. The average molecular weight is 949 g/mol. The number of amides is 5. The Kier molecular flexibility index (Phi) is 18.1. The normalized spacial score (nSPS) is 15.2. The van der Waals surface area contributed by atoms with Crippen molar-refractivity contribution in [1.82, 2.24) is 30.7 Å². The third-order valence-electron chi connectivity index (χ3n) is 9.04. The van der Waals surface area contributed by atoms with Crippen molar-refractivity contribution in [2.45, 2.75) is 44.1 Å². The van der Waals surface area contributed by atoms with Crippen LogP contribution in [0.2, 0.25) is 0 Å². The first kappa shape index (κ1) is 53.0. The van der Waals surface area contributed by atoms with E-state index in [0.29, 0.717) is 44.1 Å². The van der Waals surface area contributed by atoms with Crippen molar-refractivity contribution in [3.8, 4) is 5.75 Å².